The van der Waals surface area contributed by atoms with Gasteiger partial charge in [0.2, 0.25) is 0 Å². The molecular formula is C14H30N4. The lowest BCUT2D eigenvalue weighted by Gasteiger charge is -2.42. The molecule has 106 valence electrons. The van der Waals surface area contributed by atoms with Gasteiger partial charge in [-0.25, -0.2) is 0 Å². The Morgan fingerprint density at radius 2 is 1.83 bits per heavy atom. The van der Waals surface area contributed by atoms with Crippen LogP contribution in [0.3, 0.4) is 0 Å². The molecule has 0 aromatic heterocycles. The molecule has 2 saturated heterocycles. The molecule has 1 N–H and O–H groups in total. The molecule has 4 nitrogen and oxygen atoms in total. The second-order valence-electron chi connectivity index (χ2n) is 6.33. The van der Waals surface area contributed by atoms with Gasteiger partial charge in [-0.15, -0.1) is 0 Å². The Morgan fingerprint density at radius 3 is 2.44 bits per heavy atom. The second kappa shape index (κ2) is 6.85. The van der Waals surface area contributed by atoms with Crippen molar-refractivity contribution < 1.29 is 0 Å². The van der Waals surface area contributed by atoms with E-state index in [1.54, 1.807) is 0 Å². The Hall–Kier alpha value is -0.160. The molecule has 0 aliphatic carbocycles. The van der Waals surface area contributed by atoms with E-state index >= 15 is 0 Å². The maximum atomic E-state index is 3.57. The van der Waals surface area contributed by atoms with Crippen LogP contribution in [0.4, 0.5) is 0 Å². The Labute approximate surface area is 112 Å². The van der Waals surface area contributed by atoms with Gasteiger partial charge >= 0.3 is 0 Å². The van der Waals surface area contributed by atoms with E-state index in [1.807, 2.05) is 0 Å². The number of hydrogen-bond donors (Lipinski definition) is 1. The van der Waals surface area contributed by atoms with E-state index in [4.69, 9.17) is 0 Å². The van der Waals surface area contributed by atoms with Crippen LogP contribution in [0.2, 0.25) is 0 Å². The van der Waals surface area contributed by atoms with Crippen molar-refractivity contribution in [2.45, 2.75) is 19.4 Å². The summed E-state index contributed by atoms with van der Waals surface area (Å²) in [6.07, 6.45) is 1.38. The lowest BCUT2D eigenvalue weighted by atomic mass is 9.96. The molecule has 0 aromatic rings. The summed E-state index contributed by atoms with van der Waals surface area (Å²) in [6.45, 7) is 12.2. The van der Waals surface area contributed by atoms with E-state index in [2.05, 4.69) is 41.0 Å². The van der Waals surface area contributed by atoms with E-state index in [1.165, 1.54) is 58.8 Å². The number of nitrogens with zero attached hydrogens (tertiary/aromatic N) is 3. The summed E-state index contributed by atoms with van der Waals surface area (Å²) in [5, 5.41) is 3.57. The van der Waals surface area contributed by atoms with Crippen LogP contribution in [0.5, 0.6) is 0 Å². The minimum absolute atomic E-state index is 0.782. The lowest BCUT2D eigenvalue weighted by Crippen LogP contribution is -2.56. The number of rotatable bonds is 4. The molecule has 2 heterocycles. The smallest absolute Gasteiger partial charge is 0.0224 e. The predicted molar refractivity (Wildman–Crippen MR) is 77.0 cm³/mol. The summed E-state index contributed by atoms with van der Waals surface area (Å²) in [5.41, 5.74) is 0. The number of hydrogen-bond acceptors (Lipinski definition) is 4. The van der Waals surface area contributed by atoms with Gasteiger partial charge in [0.15, 0.2) is 0 Å². The monoisotopic (exact) mass is 254 g/mol. The van der Waals surface area contributed by atoms with Crippen LogP contribution < -0.4 is 5.32 Å². The quantitative estimate of drug-likeness (QED) is 0.772. The Kier molecular flexibility index (Phi) is 5.42. The fourth-order valence-electron chi connectivity index (χ4n) is 3.10. The summed E-state index contributed by atoms with van der Waals surface area (Å²) in [4.78, 5) is 7.59. The van der Waals surface area contributed by atoms with Gasteiger partial charge in [0.05, 0.1) is 0 Å². The third kappa shape index (κ3) is 4.19. The predicted octanol–water partition coefficient (Wildman–Crippen LogP) is 0.164. The van der Waals surface area contributed by atoms with Crippen molar-refractivity contribution >= 4 is 0 Å². The molecule has 0 saturated carbocycles. The molecule has 2 aliphatic rings. The van der Waals surface area contributed by atoms with Gasteiger partial charge < -0.3 is 10.2 Å². The van der Waals surface area contributed by atoms with Gasteiger partial charge in [0.1, 0.15) is 0 Å². The molecule has 2 aliphatic heterocycles. The van der Waals surface area contributed by atoms with Crippen LogP contribution in [0.25, 0.3) is 0 Å². The minimum Gasteiger partial charge on any atom is -0.315 e. The molecule has 0 aromatic carbocycles. The zero-order valence-corrected chi connectivity index (χ0v) is 12.4. The van der Waals surface area contributed by atoms with E-state index in [0.29, 0.717) is 0 Å². The third-order valence-electron chi connectivity index (χ3n) is 4.33. The molecule has 0 spiro atoms. The van der Waals surface area contributed by atoms with E-state index in [-0.39, 0.29) is 0 Å². The Morgan fingerprint density at radius 1 is 1.11 bits per heavy atom. The SMILES string of the molecule is CC1CNCC(N2CCN(CCN(C)C)CC2)C1. The van der Waals surface area contributed by atoms with Crippen molar-refractivity contribution in [3.8, 4) is 0 Å². The van der Waals surface area contributed by atoms with Gasteiger partial charge in [-0.3, -0.25) is 9.80 Å². The van der Waals surface area contributed by atoms with Gasteiger partial charge in [-0.2, -0.15) is 0 Å². The summed E-state index contributed by atoms with van der Waals surface area (Å²) in [5.74, 6) is 0.843. The van der Waals surface area contributed by atoms with E-state index < -0.39 is 0 Å². The number of piperazine rings is 1. The summed E-state index contributed by atoms with van der Waals surface area (Å²) < 4.78 is 0. The van der Waals surface area contributed by atoms with Crippen molar-refractivity contribution in [2.75, 3.05) is 66.5 Å². The lowest BCUT2D eigenvalue weighted by molar-refractivity contribution is 0.0725. The van der Waals surface area contributed by atoms with Gasteiger partial charge in [0, 0.05) is 51.9 Å². The highest BCUT2D eigenvalue weighted by molar-refractivity contribution is 4.84. The van der Waals surface area contributed by atoms with Gasteiger partial charge in [0.25, 0.3) is 0 Å². The molecule has 2 fully saturated rings. The molecule has 2 atom stereocenters. The average molecular weight is 254 g/mol. The largest absolute Gasteiger partial charge is 0.315 e. The first-order valence-electron chi connectivity index (χ1n) is 7.47. The molecule has 2 unspecified atom stereocenters. The maximum Gasteiger partial charge on any atom is 0.0224 e. The summed E-state index contributed by atoms with van der Waals surface area (Å²) in [6, 6.07) is 0.782. The molecule has 0 bridgehead atoms. The van der Waals surface area contributed by atoms with Crippen molar-refractivity contribution in [1.29, 1.82) is 0 Å². The number of piperidine rings is 1. The highest BCUT2D eigenvalue weighted by Crippen LogP contribution is 2.16. The highest BCUT2D eigenvalue weighted by atomic mass is 15.3. The standard InChI is InChI=1S/C14H30N4/c1-13-10-14(12-15-11-13)18-8-6-17(7-9-18)5-4-16(2)3/h13-15H,4-12H2,1-3H3. The molecule has 4 heteroatoms. The van der Waals surface area contributed by atoms with E-state index in [0.717, 1.165) is 12.0 Å². The normalized spacial score (nSPS) is 32.0. The zero-order valence-electron chi connectivity index (χ0n) is 12.4. The van der Waals surface area contributed by atoms with Crippen molar-refractivity contribution in [3.05, 3.63) is 0 Å². The van der Waals surface area contributed by atoms with E-state index in [9.17, 15) is 0 Å². The fourth-order valence-corrected chi connectivity index (χ4v) is 3.10. The van der Waals surface area contributed by atoms with Gasteiger partial charge in [-0.05, 0) is 33.0 Å². The van der Waals surface area contributed by atoms with Crippen molar-refractivity contribution in [2.24, 2.45) is 5.92 Å². The first-order valence-corrected chi connectivity index (χ1v) is 7.47. The maximum absolute atomic E-state index is 3.57. The molecule has 0 radical (unpaired) electrons. The van der Waals surface area contributed by atoms with Crippen LogP contribution in [0, 0.1) is 5.92 Å². The Balaban J connectivity index is 1.69. The number of nitrogens with one attached hydrogen (secondary N) is 1. The summed E-state index contributed by atoms with van der Waals surface area (Å²) in [7, 11) is 4.32. The number of likely N-dealkylation sites (N-methyl/N-ethyl adjacent to an activating group) is 1. The molecular weight excluding hydrogens is 224 g/mol. The van der Waals surface area contributed by atoms with Crippen LogP contribution in [-0.4, -0.2) is 87.2 Å². The molecule has 0 amide bonds. The first kappa shape index (κ1) is 14.3. The molecule has 2 rings (SSSR count). The average Bonchev–Trinajstić information content (AvgIpc) is 2.37. The van der Waals surface area contributed by atoms with Crippen LogP contribution in [-0.2, 0) is 0 Å². The molecule has 18 heavy (non-hydrogen) atoms. The van der Waals surface area contributed by atoms with Crippen LogP contribution in [0.15, 0.2) is 0 Å². The minimum atomic E-state index is 0.782. The summed E-state index contributed by atoms with van der Waals surface area (Å²) >= 11 is 0. The van der Waals surface area contributed by atoms with Crippen LogP contribution in [0.1, 0.15) is 13.3 Å². The topological polar surface area (TPSA) is 21.8 Å². The fraction of sp³-hybridized carbons (Fsp3) is 1.00. The second-order valence-corrected chi connectivity index (χ2v) is 6.33. The highest BCUT2D eigenvalue weighted by Gasteiger charge is 2.27. The van der Waals surface area contributed by atoms with Crippen LogP contribution >= 0.6 is 0 Å². The third-order valence-corrected chi connectivity index (χ3v) is 4.33. The first-order chi connectivity index (χ1) is 8.65. The zero-order chi connectivity index (χ0) is 13.0. The van der Waals surface area contributed by atoms with Crippen molar-refractivity contribution in [1.82, 2.24) is 20.0 Å². The van der Waals surface area contributed by atoms with Crippen molar-refractivity contribution in [3.63, 3.8) is 0 Å². The Bertz CT molecular complexity index is 236. The van der Waals surface area contributed by atoms with Gasteiger partial charge in [-0.1, -0.05) is 6.92 Å².